The molecule has 1 aliphatic heterocycles. The van der Waals surface area contributed by atoms with E-state index in [2.05, 4.69) is 17.1 Å². The van der Waals surface area contributed by atoms with Crippen LogP contribution >= 0.6 is 0 Å². The number of nitrogens with zero attached hydrogens (tertiary/aromatic N) is 2. The summed E-state index contributed by atoms with van der Waals surface area (Å²) >= 11 is 0. The van der Waals surface area contributed by atoms with Crippen LogP contribution in [0.25, 0.3) is 11.1 Å². The van der Waals surface area contributed by atoms with Crippen LogP contribution in [0.2, 0.25) is 0 Å². The summed E-state index contributed by atoms with van der Waals surface area (Å²) in [6.45, 7) is 0.843. The van der Waals surface area contributed by atoms with E-state index in [0.717, 1.165) is 47.5 Å². The first-order valence-electron chi connectivity index (χ1n) is 12.8. The first-order valence-corrected chi connectivity index (χ1v) is 12.8. The summed E-state index contributed by atoms with van der Waals surface area (Å²) in [5.41, 5.74) is 4.73. The highest BCUT2D eigenvalue weighted by Gasteiger charge is 2.48. The fraction of sp³-hybridized carbons (Fsp3) is 0.258. The maximum atomic E-state index is 13.7. The van der Waals surface area contributed by atoms with E-state index in [9.17, 15) is 14.0 Å². The van der Waals surface area contributed by atoms with Crippen molar-refractivity contribution in [3.63, 3.8) is 0 Å². The third-order valence-electron chi connectivity index (χ3n) is 7.61. The van der Waals surface area contributed by atoms with Crippen LogP contribution in [0, 0.1) is 5.82 Å². The van der Waals surface area contributed by atoms with Crippen LogP contribution in [0.4, 0.5) is 4.39 Å². The Labute approximate surface area is 215 Å². The monoisotopic (exact) mass is 493 g/mol. The summed E-state index contributed by atoms with van der Waals surface area (Å²) in [7, 11) is 0. The molecule has 37 heavy (non-hydrogen) atoms. The van der Waals surface area contributed by atoms with Gasteiger partial charge in [-0.05, 0) is 60.1 Å². The molecule has 1 aromatic heterocycles. The first-order chi connectivity index (χ1) is 18.0. The molecule has 0 radical (unpaired) electrons. The quantitative estimate of drug-likeness (QED) is 0.417. The Hall–Kier alpha value is -4.06. The van der Waals surface area contributed by atoms with E-state index in [4.69, 9.17) is 4.98 Å². The number of amides is 1. The van der Waals surface area contributed by atoms with Crippen LogP contribution in [-0.4, -0.2) is 27.3 Å². The Balaban J connectivity index is 1.22. The fourth-order valence-corrected chi connectivity index (χ4v) is 5.42. The van der Waals surface area contributed by atoms with E-state index in [1.807, 2.05) is 48.5 Å². The summed E-state index contributed by atoms with van der Waals surface area (Å²) in [5.74, 6) is 0.424. The lowest BCUT2D eigenvalue weighted by Crippen LogP contribution is -2.34. The Kier molecular flexibility index (Phi) is 5.95. The minimum absolute atomic E-state index is 0.0318. The topological polar surface area (TPSA) is 66.1 Å². The zero-order chi connectivity index (χ0) is 25.4. The van der Waals surface area contributed by atoms with E-state index in [1.165, 1.54) is 17.7 Å². The number of halogens is 1. The lowest BCUT2D eigenvalue weighted by molar-refractivity contribution is -0.131. The molecule has 0 saturated heterocycles. The molecule has 2 aliphatic rings. The number of rotatable bonds is 5. The van der Waals surface area contributed by atoms with Crippen LogP contribution in [0.5, 0.6) is 0 Å². The highest BCUT2D eigenvalue weighted by atomic mass is 19.1. The van der Waals surface area contributed by atoms with Crippen molar-refractivity contribution in [2.45, 2.75) is 44.1 Å². The van der Waals surface area contributed by atoms with Gasteiger partial charge in [-0.15, -0.1) is 0 Å². The normalized spacial score (nSPS) is 16.1. The standard InChI is InChI=1S/C31H28FN3O2/c32-25-12-5-9-23(19-25)22-8-4-7-21(17-22)18-28(36)35-16-6-13-27-26(20-35)29(37)34-30(33-27)31(14-15-31)24-10-2-1-3-11-24/h1-5,7-12,17,19H,6,13-16,18,20H2,(H,33,34,37). The molecular weight excluding hydrogens is 465 g/mol. The Morgan fingerprint density at radius 3 is 2.49 bits per heavy atom. The van der Waals surface area contributed by atoms with Crippen molar-refractivity contribution in [2.75, 3.05) is 6.54 Å². The number of aromatic amines is 1. The van der Waals surface area contributed by atoms with Crippen molar-refractivity contribution < 1.29 is 9.18 Å². The van der Waals surface area contributed by atoms with Gasteiger partial charge in [0.1, 0.15) is 11.6 Å². The summed E-state index contributed by atoms with van der Waals surface area (Å²) in [6.07, 6.45) is 3.60. The maximum absolute atomic E-state index is 13.7. The van der Waals surface area contributed by atoms with Gasteiger partial charge in [-0.25, -0.2) is 9.37 Å². The third-order valence-corrected chi connectivity index (χ3v) is 7.61. The lowest BCUT2D eigenvalue weighted by atomic mass is 9.94. The molecule has 4 aromatic rings. The number of benzene rings is 3. The van der Waals surface area contributed by atoms with Gasteiger partial charge in [0.05, 0.1) is 29.6 Å². The molecule has 6 rings (SSSR count). The number of fused-ring (bicyclic) bond motifs is 1. The second-order valence-corrected chi connectivity index (χ2v) is 10.1. The minimum atomic E-state index is -0.291. The molecule has 0 bridgehead atoms. The van der Waals surface area contributed by atoms with Gasteiger partial charge >= 0.3 is 0 Å². The molecule has 2 heterocycles. The number of aryl methyl sites for hydroxylation is 1. The second-order valence-electron chi connectivity index (χ2n) is 10.1. The molecular formula is C31H28FN3O2. The Bertz CT molecular complexity index is 1530. The number of nitrogens with one attached hydrogen (secondary N) is 1. The molecule has 0 spiro atoms. The maximum Gasteiger partial charge on any atom is 0.256 e. The van der Waals surface area contributed by atoms with E-state index in [-0.39, 0.29) is 35.7 Å². The van der Waals surface area contributed by atoms with Crippen molar-refractivity contribution in [3.05, 3.63) is 123 Å². The predicted molar refractivity (Wildman–Crippen MR) is 141 cm³/mol. The van der Waals surface area contributed by atoms with Gasteiger partial charge < -0.3 is 9.88 Å². The SMILES string of the molecule is O=C(Cc1cccc(-c2cccc(F)c2)c1)N1CCCc2nc(C3(c4ccccc4)CC3)[nH]c(=O)c2C1. The van der Waals surface area contributed by atoms with Crippen molar-refractivity contribution in [3.8, 4) is 11.1 Å². The molecule has 1 amide bonds. The molecule has 0 unspecified atom stereocenters. The van der Waals surface area contributed by atoms with Crippen molar-refractivity contribution in [1.82, 2.24) is 14.9 Å². The van der Waals surface area contributed by atoms with Crippen molar-refractivity contribution >= 4 is 5.91 Å². The van der Waals surface area contributed by atoms with Crippen LogP contribution in [0.1, 0.15) is 47.5 Å². The Morgan fingerprint density at radius 1 is 0.973 bits per heavy atom. The van der Waals surface area contributed by atoms with E-state index >= 15 is 0 Å². The third kappa shape index (κ3) is 4.59. The Morgan fingerprint density at radius 2 is 1.73 bits per heavy atom. The van der Waals surface area contributed by atoms with Gasteiger partial charge in [-0.3, -0.25) is 9.59 Å². The largest absolute Gasteiger partial charge is 0.338 e. The molecule has 1 N–H and O–H groups in total. The average Bonchev–Trinajstić information content (AvgIpc) is 3.74. The van der Waals surface area contributed by atoms with Gasteiger partial charge in [0.2, 0.25) is 5.91 Å². The van der Waals surface area contributed by atoms with E-state index < -0.39 is 0 Å². The predicted octanol–water partition coefficient (Wildman–Crippen LogP) is 5.17. The smallest absolute Gasteiger partial charge is 0.256 e. The minimum Gasteiger partial charge on any atom is -0.338 e. The van der Waals surface area contributed by atoms with Gasteiger partial charge in [-0.1, -0.05) is 66.7 Å². The van der Waals surface area contributed by atoms with Gasteiger partial charge in [-0.2, -0.15) is 0 Å². The van der Waals surface area contributed by atoms with E-state index in [0.29, 0.717) is 18.5 Å². The summed E-state index contributed by atoms with van der Waals surface area (Å²) in [4.78, 5) is 36.3. The second kappa shape index (κ2) is 9.43. The fourth-order valence-electron chi connectivity index (χ4n) is 5.42. The molecule has 0 atom stereocenters. The number of hydrogen-bond donors (Lipinski definition) is 1. The number of carbonyl (C=O) groups excluding carboxylic acids is 1. The van der Waals surface area contributed by atoms with Crippen LogP contribution < -0.4 is 5.56 Å². The van der Waals surface area contributed by atoms with Crippen LogP contribution in [0.3, 0.4) is 0 Å². The molecule has 1 saturated carbocycles. The van der Waals surface area contributed by atoms with Gasteiger partial charge in [0.15, 0.2) is 0 Å². The zero-order valence-electron chi connectivity index (χ0n) is 20.5. The van der Waals surface area contributed by atoms with Crippen LogP contribution in [0.15, 0.2) is 83.7 Å². The number of H-pyrrole nitrogens is 1. The highest BCUT2D eigenvalue weighted by molar-refractivity contribution is 5.79. The van der Waals surface area contributed by atoms with Gasteiger partial charge in [0.25, 0.3) is 5.56 Å². The molecule has 1 aliphatic carbocycles. The molecule has 3 aromatic carbocycles. The van der Waals surface area contributed by atoms with Crippen molar-refractivity contribution in [1.29, 1.82) is 0 Å². The van der Waals surface area contributed by atoms with Crippen LogP contribution in [-0.2, 0) is 29.6 Å². The first kappa shape index (κ1) is 23.3. The number of carbonyl (C=O) groups is 1. The zero-order valence-corrected chi connectivity index (χ0v) is 20.5. The molecule has 1 fully saturated rings. The highest BCUT2D eigenvalue weighted by Crippen LogP contribution is 2.51. The average molecular weight is 494 g/mol. The summed E-state index contributed by atoms with van der Waals surface area (Å²) < 4.78 is 13.7. The molecule has 186 valence electrons. The lowest BCUT2D eigenvalue weighted by Gasteiger charge is -2.21. The molecule has 5 nitrogen and oxygen atoms in total. The number of aromatic nitrogens is 2. The summed E-state index contributed by atoms with van der Waals surface area (Å²) in [5, 5.41) is 0. The van der Waals surface area contributed by atoms with E-state index in [1.54, 1.807) is 11.0 Å². The molecule has 6 heteroatoms. The van der Waals surface area contributed by atoms with Gasteiger partial charge in [0, 0.05) is 6.54 Å². The van der Waals surface area contributed by atoms with Crippen molar-refractivity contribution in [2.24, 2.45) is 0 Å². The number of hydrogen-bond acceptors (Lipinski definition) is 3. The summed E-state index contributed by atoms with van der Waals surface area (Å²) in [6, 6.07) is 24.3.